The van der Waals surface area contributed by atoms with Gasteiger partial charge in [-0.3, -0.25) is 0 Å². The van der Waals surface area contributed by atoms with Crippen molar-refractivity contribution in [2.24, 2.45) is 11.5 Å². The Bertz CT molecular complexity index is 137. The van der Waals surface area contributed by atoms with E-state index < -0.39 is 0 Å². The summed E-state index contributed by atoms with van der Waals surface area (Å²) in [4.78, 5) is 0. The second-order valence-electron chi connectivity index (χ2n) is 1.54. The summed E-state index contributed by atoms with van der Waals surface area (Å²) in [6.45, 7) is 0. The van der Waals surface area contributed by atoms with Crippen LogP contribution in [0.5, 0.6) is 0 Å². The van der Waals surface area contributed by atoms with Gasteiger partial charge in [-0.05, 0) is 18.4 Å². The van der Waals surface area contributed by atoms with E-state index in [2.05, 4.69) is 5.32 Å². The first-order valence-corrected chi connectivity index (χ1v) is 2.32. The van der Waals surface area contributed by atoms with Crippen molar-refractivity contribution in [3.8, 4) is 0 Å². The molecule has 0 fully saturated rings. The molecule has 1 aliphatic heterocycles. The van der Waals surface area contributed by atoms with E-state index in [1.807, 2.05) is 0 Å². The molecule has 1 radical (unpaired) electrons. The van der Waals surface area contributed by atoms with E-state index in [0.717, 1.165) is 0 Å². The number of nitrogens with one attached hydrogen (secondary N) is 1. The van der Waals surface area contributed by atoms with Crippen molar-refractivity contribution in [2.75, 3.05) is 0 Å². The number of hydrogen-bond acceptors (Lipinski definition) is 3. The lowest BCUT2D eigenvalue weighted by atomic mass is 10.3. The van der Waals surface area contributed by atoms with Crippen LogP contribution in [0.4, 0.5) is 0 Å². The normalized spacial score (nSPS) is 19.9. The van der Waals surface area contributed by atoms with Crippen molar-refractivity contribution >= 4 is 0 Å². The fraction of sp³-hybridized carbons (Fsp3) is 0. The molecule has 43 valence electrons. The Labute approximate surface area is 48.0 Å². The monoisotopic (exact) mass is 110 g/mol. The molecular weight excluding hydrogens is 102 g/mol. The zero-order valence-electron chi connectivity index (χ0n) is 4.39. The van der Waals surface area contributed by atoms with E-state index in [0.29, 0.717) is 11.9 Å². The van der Waals surface area contributed by atoms with Gasteiger partial charge in [-0.2, -0.15) is 0 Å². The first-order valence-electron chi connectivity index (χ1n) is 2.32. The predicted molar refractivity (Wildman–Crippen MR) is 32.0 cm³/mol. The summed E-state index contributed by atoms with van der Waals surface area (Å²) in [5.74, 6) is 0. The Balaban J connectivity index is 2.66. The number of allylic oxidation sites excluding steroid dienone is 2. The summed E-state index contributed by atoms with van der Waals surface area (Å²) >= 11 is 0. The zero-order valence-corrected chi connectivity index (χ0v) is 4.39. The molecule has 0 saturated heterocycles. The fourth-order valence-electron chi connectivity index (χ4n) is 0.463. The topological polar surface area (TPSA) is 64.1 Å². The summed E-state index contributed by atoms with van der Waals surface area (Å²) in [5, 5.41) is 2.75. The van der Waals surface area contributed by atoms with Crippen LogP contribution in [0.15, 0.2) is 24.0 Å². The van der Waals surface area contributed by atoms with Gasteiger partial charge in [0.1, 0.15) is 0 Å². The van der Waals surface area contributed by atoms with Crippen LogP contribution >= 0.6 is 0 Å². The molecule has 0 amide bonds. The largest absolute Gasteiger partial charge is 0.399 e. The van der Waals surface area contributed by atoms with E-state index in [-0.39, 0.29) is 0 Å². The van der Waals surface area contributed by atoms with Gasteiger partial charge in [-0.1, -0.05) is 0 Å². The molecule has 1 heterocycles. The Kier molecular flexibility index (Phi) is 1.22. The lowest BCUT2D eigenvalue weighted by Gasteiger charge is -2.12. The van der Waals surface area contributed by atoms with Gasteiger partial charge in [0.05, 0.1) is 5.70 Å². The quantitative estimate of drug-likeness (QED) is 0.390. The number of hydrogen-bond donors (Lipinski definition) is 3. The molecule has 0 bridgehead atoms. The number of rotatable bonds is 0. The highest BCUT2D eigenvalue weighted by Crippen LogP contribution is 1.99. The van der Waals surface area contributed by atoms with E-state index in [1.165, 1.54) is 0 Å². The summed E-state index contributed by atoms with van der Waals surface area (Å²) in [6.07, 6.45) is 5.79. The molecule has 3 nitrogen and oxygen atoms in total. The second kappa shape index (κ2) is 1.88. The van der Waals surface area contributed by atoms with Crippen LogP contribution in [-0.2, 0) is 0 Å². The molecule has 0 aromatic rings. The van der Waals surface area contributed by atoms with Gasteiger partial charge < -0.3 is 16.8 Å². The molecule has 1 aliphatic rings. The Morgan fingerprint density at radius 3 is 2.50 bits per heavy atom. The lowest BCUT2D eigenvalue weighted by Crippen LogP contribution is -2.31. The minimum absolute atomic E-state index is 0.521. The molecule has 5 N–H and O–H groups in total. The van der Waals surface area contributed by atoms with Crippen LogP contribution in [0.2, 0.25) is 0 Å². The van der Waals surface area contributed by atoms with Crippen LogP contribution in [0.25, 0.3) is 0 Å². The van der Waals surface area contributed by atoms with Gasteiger partial charge in [0, 0.05) is 0 Å². The first-order chi connectivity index (χ1) is 3.80. The van der Waals surface area contributed by atoms with Gasteiger partial charge in [0.15, 0.2) is 6.17 Å². The Morgan fingerprint density at radius 2 is 2.12 bits per heavy atom. The molecule has 0 atom stereocenters. The van der Waals surface area contributed by atoms with E-state index in [1.54, 1.807) is 18.4 Å². The molecule has 0 spiro atoms. The van der Waals surface area contributed by atoms with Crippen LogP contribution in [-0.4, -0.2) is 0 Å². The van der Waals surface area contributed by atoms with Crippen LogP contribution in [0, 0.1) is 6.17 Å². The average Bonchev–Trinajstić information content (AvgIpc) is 1.77. The van der Waals surface area contributed by atoms with Crippen molar-refractivity contribution in [1.82, 2.24) is 5.32 Å². The summed E-state index contributed by atoms with van der Waals surface area (Å²) in [5.41, 5.74) is 11.3. The van der Waals surface area contributed by atoms with Crippen molar-refractivity contribution in [2.45, 2.75) is 0 Å². The van der Waals surface area contributed by atoms with Crippen molar-refractivity contribution in [3.05, 3.63) is 30.2 Å². The Hall–Kier alpha value is -0.960. The van der Waals surface area contributed by atoms with Crippen LogP contribution in [0.3, 0.4) is 0 Å². The summed E-state index contributed by atoms with van der Waals surface area (Å²) < 4.78 is 0. The molecule has 3 heteroatoms. The highest BCUT2D eigenvalue weighted by molar-refractivity contribution is 5.26. The standard InChI is InChI=1S/C5H8N3/c6-4-2-1-3-8-5(4)7/h1-3,8H,6-7H2. The van der Waals surface area contributed by atoms with Crippen LogP contribution in [0.1, 0.15) is 0 Å². The van der Waals surface area contributed by atoms with E-state index >= 15 is 0 Å². The predicted octanol–water partition coefficient (Wildman–Crippen LogP) is -0.606. The molecule has 0 saturated carbocycles. The minimum Gasteiger partial charge on any atom is -0.399 e. The molecule has 1 rings (SSSR count). The maximum atomic E-state index is 5.36. The minimum atomic E-state index is 0.521. The third-order valence-corrected chi connectivity index (χ3v) is 0.922. The molecule has 0 aromatic carbocycles. The van der Waals surface area contributed by atoms with Gasteiger partial charge in [0.25, 0.3) is 0 Å². The first kappa shape index (κ1) is 5.18. The van der Waals surface area contributed by atoms with E-state index in [4.69, 9.17) is 11.5 Å². The maximum Gasteiger partial charge on any atom is 0.169 e. The molecule has 8 heavy (non-hydrogen) atoms. The third-order valence-electron chi connectivity index (χ3n) is 0.922. The van der Waals surface area contributed by atoms with Gasteiger partial charge in [-0.15, -0.1) is 0 Å². The van der Waals surface area contributed by atoms with Crippen molar-refractivity contribution < 1.29 is 0 Å². The van der Waals surface area contributed by atoms with Crippen molar-refractivity contribution in [3.63, 3.8) is 0 Å². The van der Waals surface area contributed by atoms with Gasteiger partial charge in [0.2, 0.25) is 0 Å². The lowest BCUT2D eigenvalue weighted by molar-refractivity contribution is 0.843. The zero-order chi connectivity index (χ0) is 5.98. The highest BCUT2D eigenvalue weighted by atomic mass is 15.0. The van der Waals surface area contributed by atoms with E-state index in [9.17, 15) is 0 Å². The summed E-state index contributed by atoms with van der Waals surface area (Å²) in [6, 6.07) is 0. The second-order valence-corrected chi connectivity index (χ2v) is 1.54. The SMILES string of the molecule is N[C]1NC=CC=C1N. The fourth-order valence-corrected chi connectivity index (χ4v) is 0.463. The number of nitrogens with two attached hydrogens (primary N) is 2. The van der Waals surface area contributed by atoms with Gasteiger partial charge in [-0.25, -0.2) is 0 Å². The average molecular weight is 110 g/mol. The molecule has 0 unspecified atom stereocenters. The Morgan fingerprint density at radius 1 is 1.38 bits per heavy atom. The molecule has 0 aliphatic carbocycles. The maximum absolute atomic E-state index is 5.36. The third kappa shape index (κ3) is 0.816. The van der Waals surface area contributed by atoms with Crippen LogP contribution < -0.4 is 16.8 Å². The van der Waals surface area contributed by atoms with Crippen molar-refractivity contribution in [1.29, 1.82) is 0 Å². The summed E-state index contributed by atoms with van der Waals surface area (Å²) in [7, 11) is 0. The van der Waals surface area contributed by atoms with Gasteiger partial charge >= 0.3 is 0 Å². The highest BCUT2D eigenvalue weighted by Gasteiger charge is 2.04. The smallest absolute Gasteiger partial charge is 0.169 e. The molecule has 0 aromatic heterocycles. The number of dihydropyridines is 1. The molecular formula is C5H8N3.